The molecule has 0 saturated carbocycles. The zero-order chi connectivity index (χ0) is 12.3. The van der Waals surface area contributed by atoms with Gasteiger partial charge >= 0.3 is 0 Å². The number of aliphatic hydroxyl groups is 1. The quantitative estimate of drug-likeness (QED) is 0.779. The summed E-state index contributed by atoms with van der Waals surface area (Å²) in [5.74, 6) is 0. The lowest BCUT2D eigenvalue weighted by Crippen LogP contribution is -2.34. The summed E-state index contributed by atoms with van der Waals surface area (Å²) in [7, 11) is 0. The second-order valence-electron chi connectivity index (χ2n) is 4.93. The van der Waals surface area contributed by atoms with Gasteiger partial charge in [-0.1, -0.05) is 32.0 Å². The SMILES string of the molecule is CC(C)(CNCCO)c1coc2ccccc12. The maximum atomic E-state index is 8.78. The van der Waals surface area contributed by atoms with Gasteiger partial charge in [0.15, 0.2) is 0 Å². The van der Waals surface area contributed by atoms with E-state index in [0.717, 1.165) is 12.1 Å². The number of aliphatic hydroxyl groups excluding tert-OH is 1. The predicted octanol–water partition coefficient (Wildman–Crippen LogP) is 2.29. The summed E-state index contributed by atoms with van der Waals surface area (Å²) < 4.78 is 5.56. The van der Waals surface area contributed by atoms with E-state index in [1.807, 2.05) is 24.5 Å². The van der Waals surface area contributed by atoms with Crippen LogP contribution in [0.25, 0.3) is 11.0 Å². The second kappa shape index (κ2) is 4.90. The standard InChI is InChI=1S/C14H19NO2/c1-14(2,10-15-7-8-16)12-9-17-13-6-4-3-5-11(12)13/h3-6,9,15-16H,7-8,10H2,1-2H3. The summed E-state index contributed by atoms with van der Waals surface area (Å²) in [4.78, 5) is 0. The first-order valence-electron chi connectivity index (χ1n) is 5.93. The molecule has 92 valence electrons. The smallest absolute Gasteiger partial charge is 0.134 e. The predicted molar refractivity (Wildman–Crippen MR) is 69.2 cm³/mol. The molecule has 0 spiro atoms. The van der Waals surface area contributed by atoms with E-state index in [1.165, 1.54) is 10.9 Å². The molecular formula is C14H19NO2. The molecule has 0 bridgehead atoms. The van der Waals surface area contributed by atoms with Crippen LogP contribution in [0, 0.1) is 0 Å². The third kappa shape index (κ3) is 2.51. The van der Waals surface area contributed by atoms with Gasteiger partial charge in [0.2, 0.25) is 0 Å². The number of fused-ring (bicyclic) bond motifs is 1. The summed E-state index contributed by atoms with van der Waals surface area (Å²) >= 11 is 0. The van der Waals surface area contributed by atoms with Crippen LogP contribution in [-0.2, 0) is 5.41 Å². The lowest BCUT2D eigenvalue weighted by Gasteiger charge is -2.24. The molecule has 3 heteroatoms. The van der Waals surface area contributed by atoms with E-state index in [0.29, 0.717) is 6.54 Å². The van der Waals surface area contributed by atoms with Crippen LogP contribution in [0.1, 0.15) is 19.4 Å². The Hall–Kier alpha value is -1.32. The van der Waals surface area contributed by atoms with E-state index in [-0.39, 0.29) is 12.0 Å². The molecule has 3 nitrogen and oxygen atoms in total. The van der Waals surface area contributed by atoms with Gasteiger partial charge in [-0.2, -0.15) is 0 Å². The van der Waals surface area contributed by atoms with E-state index < -0.39 is 0 Å². The fourth-order valence-electron chi connectivity index (χ4n) is 2.08. The Kier molecular flexibility index (Phi) is 3.50. The third-order valence-corrected chi connectivity index (χ3v) is 3.07. The molecule has 0 fully saturated rings. The maximum absolute atomic E-state index is 8.78. The fourth-order valence-corrected chi connectivity index (χ4v) is 2.08. The summed E-state index contributed by atoms with van der Waals surface area (Å²) in [5, 5.41) is 13.2. The van der Waals surface area contributed by atoms with Gasteiger partial charge < -0.3 is 14.8 Å². The van der Waals surface area contributed by atoms with Crippen LogP contribution < -0.4 is 5.32 Å². The number of rotatable bonds is 5. The van der Waals surface area contributed by atoms with Crippen molar-refractivity contribution in [2.75, 3.05) is 19.7 Å². The molecule has 0 amide bonds. The molecule has 0 saturated heterocycles. The fraction of sp³-hybridized carbons (Fsp3) is 0.429. The molecule has 0 aliphatic carbocycles. The molecule has 2 rings (SSSR count). The topological polar surface area (TPSA) is 45.4 Å². The van der Waals surface area contributed by atoms with Crippen molar-refractivity contribution in [3.05, 3.63) is 36.1 Å². The Morgan fingerprint density at radius 2 is 2.06 bits per heavy atom. The van der Waals surface area contributed by atoms with Crippen molar-refractivity contribution in [1.29, 1.82) is 0 Å². The minimum absolute atomic E-state index is 0.0121. The Morgan fingerprint density at radius 3 is 2.82 bits per heavy atom. The van der Waals surface area contributed by atoms with Crippen molar-refractivity contribution >= 4 is 11.0 Å². The van der Waals surface area contributed by atoms with Crippen LogP contribution in [0.5, 0.6) is 0 Å². The number of furan rings is 1. The third-order valence-electron chi connectivity index (χ3n) is 3.07. The van der Waals surface area contributed by atoms with E-state index in [9.17, 15) is 0 Å². The van der Waals surface area contributed by atoms with Crippen molar-refractivity contribution in [2.24, 2.45) is 0 Å². The highest BCUT2D eigenvalue weighted by molar-refractivity contribution is 5.82. The number of para-hydroxylation sites is 1. The van der Waals surface area contributed by atoms with Crippen LogP contribution in [0.3, 0.4) is 0 Å². The van der Waals surface area contributed by atoms with E-state index >= 15 is 0 Å². The van der Waals surface area contributed by atoms with Crippen molar-refractivity contribution in [3.63, 3.8) is 0 Å². The molecule has 1 aromatic heterocycles. The minimum atomic E-state index is -0.0121. The van der Waals surface area contributed by atoms with Gasteiger partial charge in [-0.15, -0.1) is 0 Å². The zero-order valence-corrected chi connectivity index (χ0v) is 10.4. The van der Waals surface area contributed by atoms with Gasteiger partial charge in [0, 0.05) is 29.5 Å². The van der Waals surface area contributed by atoms with Crippen molar-refractivity contribution in [3.8, 4) is 0 Å². The van der Waals surface area contributed by atoms with Crippen LogP contribution in [-0.4, -0.2) is 24.8 Å². The average Bonchev–Trinajstić information content (AvgIpc) is 2.73. The lowest BCUT2D eigenvalue weighted by molar-refractivity contribution is 0.286. The number of nitrogens with one attached hydrogen (secondary N) is 1. The van der Waals surface area contributed by atoms with Crippen LogP contribution >= 0.6 is 0 Å². The Balaban J connectivity index is 2.25. The van der Waals surface area contributed by atoms with Crippen molar-refractivity contribution in [2.45, 2.75) is 19.3 Å². The van der Waals surface area contributed by atoms with Gasteiger partial charge in [-0.3, -0.25) is 0 Å². The molecule has 0 aliphatic rings. The van der Waals surface area contributed by atoms with Gasteiger partial charge in [0.25, 0.3) is 0 Å². The normalized spacial score (nSPS) is 12.2. The lowest BCUT2D eigenvalue weighted by atomic mass is 9.84. The van der Waals surface area contributed by atoms with E-state index in [4.69, 9.17) is 9.52 Å². The molecule has 0 aliphatic heterocycles. The molecule has 1 aromatic carbocycles. The molecular weight excluding hydrogens is 214 g/mol. The summed E-state index contributed by atoms with van der Waals surface area (Å²) in [5.41, 5.74) is 2.12. The zero-order valence-electron chi connectivity index (χ0n) is 10.4. The highest BCUT2D eigenvalue weighted by Crippen LogP contribution is 2.31. The van der Waals surface area contributed by atoms with Crippen molar-refractivity contribution in [1.82, 2.24) is 5.32 Å². The van der Waals surface area contributed by atoms with Crippen LogP contribution in [0.4, 0.5) is 0 Å². The summed E-state index contributed by atoms with van der Waals surface area (Å²) in [6.45, 7) is 5.96. The van der Waals surface area contributed by atoms with Gasteiger partial charge in [-0.25, -0.2) is 0 Å². The Bertz CT molecular complexity index is 488. The Labute approximate surface area is 101 Å². The highest BCUT2D eigenvalue weighted by atomic mass is 16.3. The number of hydrogen-bond donors (Lipinski definition) is 2. The van der Waals surface area contributed by atoms with Gasteiger partial charge in [-0.05, 0) is 6.07 Å². The van der Waals surface area contributed by atoms with Gasteiger partial charge in [0.1, 0.15) is 5.58 Å². The molecule has 17 heavy (non-hydrogen) atoms. The first kappa shape index (κ1) is 12.1. The number of hydrogen-bond acceptors (Lipinski definition) is 3. The minimum Gasteiger partial charge on any atom is -0.464 e. The highest BCUT2D eigenvalue weighted by Gasteiger charge is 2.24. The largest absolute Gasteiger partial charge is 0.464 e. The van der Waals surface area contributed by atoms with Crippen molar-refractivity contribution < 1.29 is 9.52 Å². The molecule has 2 N–H and O–H groups in total. The van der Waals surface area contributed by atoms with Crippen LogP contribution in [0.2, 0.25) is 0 Å². The monoisotopic (exact) mass is 233 g/mol. The molecule has 2 aromatic rings. The average molecular weight is 233 g/mol. The van der Waals surface area contributed by atoms with Crippen LogP contribution in [0.15, 0.2) is 34.9 Å². The summed E-state index contributed by atoms with van der Waals surface area (Å²) in [6, 6.07) is 8.07. The molecule has 0 atom stereocenters. The molecule has 1 heterocycles. The molecule has 0 unspecified atom stereocenters. The first-order valence-corrected chi connectivity index (χ1v) is 5.93. The first-order chi connectivity index (χ1) is 8.15. The maximum Gasteiger partial charge on any atom is 0.134 e. The van der Waals surface area contributed by atoms with Gasteiger partial charge in [0.05, 0.1) is 12.9 Å². The second-order valence-corrected chi connectivity index (χ2v) is 4.93. The molecule has 0 radical (unpaired) electrons. The Morgan fingerprint density at radius 1 is 1.29 bits per heavy atom. The van der Waals surface area contributed by atoms with E-state index in [2.05, 4.69) is 25.2 Å². The number of benzene rings is 1. The summed E-state index contributed by atoms with van der Waals surface area (Å²) in [6.07, 6.45) is 1.84. The van der Waals surface area contributed by atoms with E-state index in [1.54, 1.807) is 0 Å².